The second kappa shape index (κ2) is 3.61. The highest BCUT2D eigenvalue weighted by Gasteiger charge is 2.39. The van der Waals surface area contributed by atoms with Crippen LogP contribution in [0.2, 0.25) is 0 Å². The fraction of sp³-hybridized carbons (Fsp3) is 0.625. The monoisotopic (exact) mass is 208 g/mol. The first-order valence-corrected chi connectivity index (χ1v) is 4.13. The molecular formula is C8H11F3N2O. The number of halogens is 3. The lowest BCUT2D eigenvalue weighted by atomic mass is 10.1. The zero-order valence-electron chi connectivity index (χ0n) is 7.85. The van der Waals surface area contributed by atoms with Gasteiger partial charge in [0.1, 0.15) is 0 Å². The maximum Gasteiger partial charge on any atom is 0.451 e. The Morgan fingerprint density at radius 2 is 2.00 bits per heavy atom. The molecule has 0 saturated carbocycles. The summed E-state index contributed by atoms with van der Waals surface area (Å²) in [6, 6.07) is 0. The molecule has 0 aliphatic rings. The van der Waals surface area contributed by atoms with Gasteiger partial charge in [-0.15, -0.1) is 0 Å². The fourth-order valence-corrected chi connectivity index (χ4v) is 1.06. The van der Waals surface area contributed by atoms with Crippen molar-refractivity contribution in [3.63, 3.8) is 0 Å². The first-order chi connectivity index (χ1) is 6.36. The molecule has 0 unspecified atom stereocenters. The van der Waals surface area contributed by atoms with Crippen molar-refractivity contribution in [2.45, 2.75) is 32.5 Å². The SMILES string of the molecule is CC(C)c1nc(CN)oc1C(F)(F)F. The predicted molar refractivity (Wildman–Crippen MR) is 43.5 cm³/mol. The molecule has 1 heterocycles. The van der Waals surface area contributed by atoms with Crippen LogP contribution in [-0.4, -0.2) is 4.98 Å². The van der Waals surface area contributed by atoms with Crippen molar-refractivity contribution in [3.05, 3.63) is 17.3 Å². The van der Waals surface area contributed by atoms with Crippen molar-refractivity contribution in [1.29, 1.82) is 0 Å². The van der Waals surface area contributed by atoms with Crippen LogP contribution in [-0.2, 0) is 12.7 Å². The fourth-order valence-electron chi connectivity index (χ4n) is 1.06. The van der Waals surface area contributed by atoms with Gasteiger partial charge in [-0.2, -0.15) is 13.2 Å². The molecule has 0 radical (unpaired) electrons. The maximum atomic E-state index is 12.4. The number of nitrogens with zero attached hydrogens (tertiary/aromatic N) is 1. The summed E-state index contributed by atoms with van der Waals surface area (Å²) in [5.74, 6) is -1.45. The van der Waals surface area contributed by atoms with E-state index in [-0.39, 0.29) is 24.0 Å². The van der Waals surface area contributed by atoms with Gasteiger partial charge in [-0.25, -0.2) is 4.98 Å². The van der Waals surface area contributed by atoms with Crippen LogP contribution < -0.4 is 5.73 Å². The number of rotatable bonds is 2. The number of hydrogen-bond acceptors (Lipinski definition) is 3. The molecule has 0 amide bonds. The minimum atomic E-state index is -4.50. The lowest BCUT2D eigenvalue weighted by Crippen LogP contribution is -2.08. The molecule has 0 aromatic carbocycles. The highest BCUT2D eigenvalue weighted by molar-refractivity contribution is 5.16. The third kappa shape index (κ3) is 2.06. The Hall–Kier alpha value is -1.04. The molecule has 0 atom stereocenters. The van der Waals surface area contributed by atoms with Gasteiger partial charge in [0.25, 0.3) is 0 Å². The van der Waals surface area contributed by atoms with Crippen LogP contribution in [0.1, 0.15) is 37.1 Å². The van der Waals surface area contributed by atoms with E-state index in [1.165, 1.54) is 0 Å². The van der Waals surface area contributed by atoms with Crippen molar-refractivity contribution < 1.29 is 17.6 Å². The molecule has 0 aliphatic carbocycles. The molecule has 1 rings (SSSR count). The highest BCUT2D eigenvalue weighted by Crippen LogP contribution is 2.35. The van der Waals surface area contributed by atoms with Gasteiger partial charge in [0.2, 0.25) is 11.7 Å². The van der Waals surface area contributed by atoms with Gasteiger partial charge in [-0.1, -0.05) is 13.8 Å². The molecular weight excluding hydrogens is 197 g/mol. The summed E-state index contributed by atoms with van der Waals surface area (Å²) in [6.07, 6.45) is -4.50. The molecule has 14 heavy (non-hydrogen) atoms. The van der Waals surface area contributed by atoms with Crippen LogP contribution in [0.5, 0.6) is 0 Å². The molecule has 0 bridgehead atoms. The molecule has 0 saturated heterocycles. The summed E-state index contributed by atoms with van der Waals surface area (Å²) in [4.78, 5) is 3.68. The van der Waals surface area contributed by atoms with Gasteiger partial charge < -0.3 is 10.2 Å². The Morgan fingerprint density at radius 3 is 2.29 bits per heavy atom. The Balaban J connectivity index is 3.19. The van der Waals surface area contributed by atoms with Gasteiger partial charge in [-0.05, 0) is 5.92 Å². The van der Waals surface area contributed by atoms with E-state index in [1.807, 2.05) is 0 Å². The van der Waals surface area contributed by atoms with Crippen LogP contribution in [0.4, 0.5) is 13.2 Å². The molecule has 6 heteroatoms. The second-order valence-corrected chi connectivity index (χ2v) is 3.18. The van der Waals surface area contributed by atoms with E-state index in [0.717, 1.165) is 0 Å². The molecule has 3 nitrogen and oxygen atoms in total. The lowest BCUT2D eigenvalue weighted by molar-refractivity contribution is -0.154. The van der Waals surface area contributed by atoms with E-state index in [9.17, 15) is 13.2 Å². The van der Waals surface area contributed by atoms with Gasteiger partial charge in [0, 0.05) is 0 Å². The Kier molecular flexibility index (Phi) is 2.84. The van der Waals surface area contributed by atoms with Gasteiger partial charge in [0.05, 0.1) is 12.2 Å². The maximum absolute atomic E-state index is 12.4. The molecule has 1 aromatic heterocycles. The van der Waals surface area contributed by atoms with Crippen molar-refractivity contribution in [1.82, 2.24) is 4.98 Å². The van der Waals surface area contributed by atoms with Crippen LogP contribution in [0.25, 0.3) is 0 Å². The average Bonchev–Trinajstić information content (AvgIpc) is 2.46. The number of alkyl halides is 3. The first kappa shape index (κ1) is 11.0. The topological polar surface area (TPSA) is 52.0 Å². The third-order valence-electron chi connectivity index (χ3n) is 1.68. The normalized spacial score (nSPS) is 12.5. The van der Waals surface area contributed by atoms with E-state index in [1.54, 1.807) is 13.8 Å². The summed E-state index contributed by atoms with van der Waals surface area (Å²) in [6.45, 7) is 3.11. The predicted octanol–water partition coefficient (Wildman–Crippen LogP) is 2.28. The molecule has 2 N–H and O–H groups in total. The van der Waals surface area contributed by atoms with Crippen LogP contribution in [0.3, 0.4) is 0 Å². The molecule has 0 aliphatic heterocycles. The van der Waals surface area contributed by atoms with Crippen molar-refractivity contribution in [3.8, 4) is 0 Å². The van der Waals surface area contributed by atoms with Gasteiger partial charge in [0.15, 0.2) is 0 Å². The summed E-state index contributed by atoms with van der Waals surface area (Å²) in [5, 5.41) is 0. The third-order valence-corrected chi connectivity index (χ3v) is 1.68. The first-order valence-electron chi connectivity index (χ1n) is 4.13. The summed E-state index contributed by atoms with van der Waals surface area (Å²) in [7, 11) is 0. The second-order valence-electron chi connectivity index (χ2n) is 3.18. The van der Waals surface area contributed by atoms with E-state index in [0.29, 0.717) is 0 Å². The number of aromatic nitrogens is 1. The smallest absolute Gasteiger partial charge is 0.434 e. The van der Waals surface area contributed by atoms with Crippen molar-refractivity contribution >= 4 is 0 Å². The zero-order valence-corrected chi connectivity index (χ0v) is 7.85. The van der Waals surface area contributed by atoms with Crippen LogP contribution in [0.15, 0.2) is 4.42 Å². The molecule has 80 valence electrons. The van der Waals surface area contributed by atoms with E-state index >= 15 is 0 Å². The molecule has 0 fully saturated rings. The van der Waals surface area contributed by atoms with Crippen molar-refractivity contribution in [2.24, 2.45) is 5.73 Å². The van der Waals surface area contributed by atoms with Gasteiger partial charge >= 0.3 is 6.18 Å². The highest BCUT2D eigenvalue weighted by atomic mass is 19.4. The number of nitrogens with two attached hydrogens (primary N) is 1. The summed E-state index contributed by atoms with van der Waals surface area (Å²) < 4.78 is 41.7. The summed E-state index contributed by atoms with van der Waals surface area (Å²) >= 11 is 0. The van der Waals surface area contributed by atoms with E-state index in [4.69, 9.17) is 5.73 Å². The standard InChI is InChI=1S/C8H11F3N2O/c1-4(2)6-7(8(9,10)11)14-5(3-12)13-6/h4H,3,12H2,1-2H3. The lowest BCUT2D eigenvalue weighted by Gasteiger charge is -2.06. The minimum Gasteiger partial charge on any atom is -0.434 e. The van der Waals surface area contributed by atoms with E-state index < -0.39 is 11.9 Å². The number of oxazole rings is 1. The van der Waals surface area contributed by atoms with Crippen molar-refractivity contribution in [2.75, 3.05) is 0 Å². The quantitative estimate of drug-likeness (QED) is 0.811. The summed E-state index contributed by atoms with van der Waals surface area (Å²) in [5.41, 5.74) is 5.07. The number of hydrogen-bond donors (Lipinski definition) is 1. The van der Waals surface area contributed by atoms with Crippen LogP contribution >= 0.6 is 0 Å². The Bertz CT molecular complexity index is 317. The minimum absolute atomic E-state index is 0.0824. The van der Waals surface area contributed by atoms with Gasteiger partial charge in [-0.3, -0.25) is 0 Å². The molecule has 1 aromatic rings. The largest absolute Gasteiger partial charge is 0.451 e. The Labute approximate surface area is 79.1 Å². The van der Waals surface area contributed by atoms with E-state index in [2.05, 4.69) is 9.40 Å². The van der Waals surface area contributed by atoms with Crippen LogP contribution in [0, 0.1) is 0 Å². The average molecular weight is 208 g/mol. The zero-order chi connectivity index (χ0) is 10.9. The Morgan fingerprint density at radius 1 is 1.43 bits per heavy atom. The molecule has 0 spiro atoms.